The van der Waals surface area contributed by atoms with Gasteiger partial charge in [0.1, 0.15) is 5.82 Å². The van der Waals surface area contributed by atoms with Gasteiger partial charge in [0.05, 0.1) is 30.3 Å². The van der Waals surface area contributed by atoms with Crippen LogP contribution in [0.3, 0.4) is 0 Å². The molecule has 0 spiro atoms. The van der Waals surface area contributed by atoms with Crippen LogP contribution in [0.15, 0.2) is 50.8 Å². The zero-order valence-electron chi connectivity index (χ0n) is 19.4. The summed E-state index contributed by atoms with van der Waals surface area (Å²) in [6.45, 7) is 4.10. The standard InChI is InChI=1S/C26H30BrN3O3/c1-4-17(2)33-24-15-21(27)19(14-23(24)32-3)16-28-30-25(18-10-6-5-7-11-18)29-22-13-9-8-12-20(22)26(30)31/h8-9,12-18H,4-7,10-11H2,1-3H3/t17-/m0/s1. The second-order valence-corrected chi connectivity index (χ2v) is 9.40. The van der Waals surface area contributed by atoms with E-state index in [-0.39, 0.29) is 17.6 Å². The van der Waals surface area contributed by atoms with E-state index in [1.165, 1.54) is 11.1 Å². The lowest BCUT2D eigenvalue weighted by Gasteiger charge is -2.22. The number of nitrogens with zero attached hydrogens (tertiary/aromatic N) is 3. The molecule has 1 aliphatic carbocycles. The van der Waals surface area contributed by atoms with E-state index in [1.54, 1.807) is 19.4 Å². The highest BCUT2D eigenvalue weighted by molar-refractivity contribution is 9.10. The molecule has 2 aromatic carbocycles. The number of fused-ring (bicyclic) bond motifs is 1. The molecule has 174 valence electrons. The van der Waals surface area contributed by atoms with Crippen LogP contribution in [-0.4, -0.2) is 29.1 Å². The van der Waals surface area contributed by atoms with Crippen LogP contribution in [-0.2, 0) is 0 Å². The van der Waals surface area contributed by atoms with Crippen LogP contribution in [0.5, 0.6) is 11.5 Å². The molecule has 0 radical (unpaired) electrons. The molecule has 0 bridgehead atoms. The van der Waals surface area contributed by atoms with E-state index < -0.39 is 0 Å². The van der Waals surface area contributed by atoms with Crippen molar-refractivity contribution in [3.05, 3.63) is 62.6 Å². The third-order valence-electron chi connectivity index (χ3n) is 6.25. The van der Waals surface area contributed by atoms with E-state index >= 15 is 0 Å². The van der Waals surface area contributed by atoms with Crippen molar-refractivity contribution in [1.29, 1.82) is 0 Å². The van der Waals surface area contributed by atoms with E-state index in [0.29, 0.717) is 16.9 Å². The van der Waals surface area contributed by atoms with Crippen LogP contribution < -0.4 is 15.0 Å². The summed E-state index contributed by atoms with van der Waals surface area (Å²) in [5, 5.41) is 5.21. The normalized spacial score (nSPS) is 15.8. The highest BCUT2D eigenvalue weighted by Crippen LogP contribution is 2.34. The highest BCUT2D eigenvalue weighted by atomic mass is 79.9. The minimum atomic E-state index is -0.141. The molecule has 7 heteroatoms. The Morgan fingerprint density at radius 3 is 2.70 bits per heavy atom. The number of hydrogen-bond acceptors (Lipinski definition) is 5. The van der Waals surface area contributed by atoms with Gasteiger partial charge in [-0.15, -0.1) is 0 Å². The first-order chi connectivity index (χ1) is 16.0. The number of para-hydroxylation sites is 1. The van der Waals surface area contributed by atoms with Gasteiger partial charge in [0.15, 0.2) is 11.5 Å². The maximum atomic E-state index is 13.4. The number of aromatic nitrogens is 2. The van der Waals surface area contributed by atoms with Gasteiger partial charge >= 0.3 is 0 Å². The largest absolute Gasteiger partial charge is 0.493 e. The average molecular weight is 512 g/mol. The fourth-order valence-corrected chi connectivity index (χ4v) is 4.62. The van der Waals surface area contributed by atoms with Gasteiger partial charge in [-0.3, -0.25) is 4.79 Å². The van der Waals surface area contributed by atoms with E-state index in [1.807, 2.05) is 37.3 Å². The van der Waals surface area contributed by atoms with Crippen LogP contribution in [0.1, 0.15) is 69.7 Å². The highest BCUT2D eigenvalue weighted by Gasteiger charge is 2.22. The quantitative estimate of drug-likeness (QED) is 0.350. The lowest BCUT2D eigenvalue weighted by molar-refractivity contribution is 0.207. The van der Waals surface area contributed by atoms with Gasteiger partial charge in [-0.25, -0.2) is 4.98 Å². The Labute approximate surface area is 202 Å². The number of rotatable bonds is 7. The van der Waals surface area contributed by atoms with E-state index in [2.05, 4.69) is 28.0 Å². The molecule has 0 unspecified atom stereocenters. The Hall–Kier alpha value is -2.67. The van der Waals surface area contributed by atoms with Crippen molar-refractivity contribution in [2.75, 3.05) is 7.11 Å². The summed E-state index contributed by atoms with van der Waals surface area (Å²) in [6, 6.07) is 11.2. The Morgan fingerprint density at radius 1 is 1.21 bits per heavy atom. The molecule has 0 aliphatic heterocycles. The molecule has 0 N–H and O–H groups in total. The van der Waals surface area contributed by atoms with Crippen LogP contribution in [0, 0.1) is 0 Å². The van der Waals surface area contributed by atoms with Gasteiger partial charge in [0, 0.05) is 16.0 Å². The summed E-state index contributed by atoms with van der Waals surface area (Å²) >= 11 is 3.62. The molecule has 3 aromatic rings. The monoisotopic (exact) mass is 511 g/mol. The number of hydrogen-bond donors (Lipinski definition) is 0. The number of halogens is 1. The van der Waals surface area contributed by atoms with Gasteiger partial charge in [-0.1, -0.05) is 38.3 Å². The predicted molar refractivity (Wildman–Crippen MR) is 136 cm³/mol. The molecule has 1 aliphatic rings. The van der Waals surface area contributed by atoms with Crippen molar-refractivity contribution in [2.45, 2.75) is 64.4 Å². The van der Waals surface area contributed by atoms with E-state index in [9.17, 15) is 4.79 Å². The summed E-state index contributed by atoms with van der Waals surface area (Å²) in [5.41, 5.74) is 1.37. The van der Waals surface area contributed by atoms with Crippen LogP contribution >= 0.6 is 15.9 Å². The SMILES string of the molecule is CC[C@H](C)Oc1cc(Br)c(C=Nn2c(C3CCCCC3)nc3ccccc3c2=O)cc1OC. The fraction of sp³-hybridized carbons (Fsp3) is 0.423. The summed E-state index contributed by atoms with van der Waals surface area (Å²) in [6.07, 6.45) is 8.24. The Morgan fingerprint density at radius 2 is 1.97 bits per heavy atom. The van der Waals surface area contributed by atoms with Crippen LogP contribution in [0.4, 0.5) is 0 Å². The molecular weight excluding hydrogens is 482 g/mol. The molecule has 33 heavy (non-hydrogen) atoms. The van der Waals surface area contributed by atoms with Crippen molar-refractivity contribution in [2.24, 2.45) is 5.10 Å². The second kappa shape index (κ2) is 10.5. The second-order valence-electron chi connectivity index (χ2n) is 8.54. The molecule has 1 atom stereocenters. The lowest BCUT2D eigenvalue weighted by atomic mass is 9.88. The van der Waals surface area contributed by atoms with Gasteiger partial charge in [-0.05, 0) is 66.4 Å². The smallest absolute Gasteiger partial charge is 0.282 e. The average Bonchev–Trinajstić information content (AvgIpc) is 2.84. The zero-order chi connectivity index (χ0) is 23.4. The van der Waals surface area contributed by atoms with Gasteiger partial charge < -0.3 is 9.47 Å². The molecule has 1 aromatic heterocycles. The molecule has 1 fully saturated rings. The lowest BCUT2D eigenvalue weighted by Crippen LogP contribution is -2.25. The van der Waals surface area contributed by atoms with Crippen molar-refractivity contribution in [3.63, 3.8) is 0 Å². The predicted octanol–water partition coefficient (Wildman–Crippen LogP) is 6.27. The first-order valence-corrected chi connectivity index (χ1v) is 12.4. The third kappa shape index (κ3) is 5.13. The zero-order valence-corrected chi connectivity index (χ0v) is 21.0. The number of benzene rings is 2. The number of ether oxygens (including phenoxy) is 2. The van der Waals surface area contributed by atoms with Crippen molar-refractivity contribution in [3.8, 4) is 11.5 Å². The molecule has 6 nitrogen and oxygen atoms in total. The molecule has 0 saturated heterocycles. The number of methoxy groups -OCH3 is 1. The van der Waals surface area contributed by atoms with E-state index in [4.69, 9.17) is 14.5 Å². The van der Waals surface area contributed by atoms with Gasteiger partial charge in [0.25, 0.3) is 5.56 Å². The maximum Gasteiger partial charge on any atom is 0.282 e. The van der Waals surface area contributed by atoms with Crippen LogP contribution in [0.25, 0.3) is 10.9 Å². The molecule has 1 heterocycles. The molecular formula is C26H30BrN3O3. The maximum absolute atomic E-state index is 13.4. The summed E-state index contributed by atoms with van der Waals surface area (Å²) < 4.78 is 13.8. The van der Waals surface area contributed by atoms with Crippen molar-refractivity contribution >= 4 is 33.0 Å². The molecule has 1 saturated carbocycles. The Balaban J connectivity index is 1.77. The Bertz CT molecular complexity index is 1220. The minimum Gasteiger partial charge on any atom is -0.493 e. The first-order valence-electron chi connectivity index (χ1n) is 11.6. The topological polar surface area (TPSA) is 65.7 Å². The van der Waals surface area contributed by atoms with Crippen molar-refractivity contribution in [1.82, 2.24) is 9.66 Å². The van der Waals surface area contributed by atoms with Gasteiger partial charge in [-0.2, -0.15) is 9.78 Å². The Kier molecular flexibility index (Phi) is 7.48. The summed E-state index contributed by atoms with van der Waals surface area (Å²) in [5.74, 6) is 2.27. The minimum absolute atomic E-state index is 0.0746. The summed E-state index contributed by atoms with van der Waals surface area (Å²) in [7, 11) is 1.62. The van der Waals surface area contributed by atoms with E-state index in [0.717, 1.165) is 53.5 Å². The van der Waals surface area contributed by atoms with Crippen molar-refractivity contribution < 1.29 is 9.47 Å². The summed E-state index contributed by atoms with van der Waals surface area (Å²) in [4.78, 5) is 18.3. The third-order valence-corrected chi connectivity index (χ3v) is 6.93. The van der Waals surface area contributed by atoms with Gasteiger partial charge in [0.2, 0.25) is 0 Å². The van der Waals surface area contributed by atoms with Crippen LogP contribution in [0.2, 0.25) is 0 Å². The molecule has 0 amide bonds. The first kappa shape index (κ1) is 23.5. The fourth-order valence-electron chi connectivity index (χ4n) is 4.20. The molecule has 4 rings (SSSR count).